The summed E-state index contributed by atoms with van der Waals surface area (Å²) >= 11 is 0. The largest absolute Gasteiger partial charge is 0.495 e. The molecule has 2 aromatic rings. The van der Waals surface area contributed by atoms with E-state index < -0.39 is 0 Å². The van der Waals surface area contributed by atoms with Crippen LogP contribution in [0.3, 0.4) is 0 Å². The topological polar surface area (TPSA) is 96.8 Å². The Hall–Kier alpha value is -2.24. The highest BCUT2D eigenvalue weighted by Crippen LogP contribution is 2.22. The summed E-state index contributed by atoms with van der Waals surface area (Å²) in [5.74, 6) is 1.31. The molecule has 0 atom stereocenters. The first-order valence-corrected chi connectivity index (χ1v) is 5.25. The summed E-state index contributed by atoms with van der Waals surface area (Å²) in [6, 6.07) is 5.64. The van der Waals surface area contributed by atoms with Gasteiger partial charge in [-0.1, -0.05) is 6.07 Å². The van der Waals surface area contributed by atoms with Crippen LogP contribution in [0.25, 0.3) is 0 Å². The van der Waals surface area contributed by atoms with Gasteiger partial charge in [0.05, 0.1) is 12.8 Å². The minimum Gasteiger partial charge on any atom is -0.495 e. The third-order valence-corrected chi connectivity index (χ3v) is 2.49. The number of ether oxygens (including phenoxy) is 1. The van der Waals surface area contributed by atoms with Crippen molar-refractivity contribution in [2.75, 3.05) is 12.8 Å². The second kappa shape index (κ2) is 4.73. The van der Waals surface area contributed by atoms with Gasteiger partial charge in [0, 0.05) is 6.42 Å². The first-order valence-electron chi connectivity index (χ1n) is 5.25. The average molecular weight is 234 g/mol. The van der Waals surface area contributed by atoms with Crippen LogP contribution in [0.1, 0.15) is 11.4 Å². The van der Waals surface area contributed by atoms with Gasteiger partial charge in [0.1, 0.15) is 11.6 Å². The highest BCUT2D eigenvalue weighted by atomic mass is 16.5. The molecule has 0 unspecified atom stereocenters. The van der Waals surface area contributed by atoms with Gasteiger partial charge in [-0.05, 0) is 24.1 Å². The third kappa shape index (κ3) is 2.66. The lowest BCUT2D eigenvalue weighted by atomic mass is 10.1. The standard InChI is InChI=1S/C11H14N4O2/c1-17-9-4-2-7(6-8(9)12)3-5-10-13-11(16)15-14-10/h2,4,6H,3,5,12H2,1H3,(H2,13,14,15,16). The predicted molar refractivity (Wildman–Crippen MR) is 64.0 cm³/mol. The first-order chi connectivity index (χ1) is 8.19. The summed E-state index contributed by atoms with van der Waals surface area (Å²) in [4.78, 5) is 13.4. The van der Waals surface area contributed by atoms with E-state index in [0.29, 0.717) is 23.7 Å². The molecule has 0 saturated carbocycles. The maximum Gasteiger partial charge on any atom is 0.340 e. The Morgan fingerprint density at radius 3 is 2.82 bits per heavy atom. The number of benzene rings is 1. The zero-order chi connectivity index (χ0) is 12.3. The van der Waals surface area contributed by atoms with Gasteiger partial charge in [-0.2, -0.15) is 5.10 Å². The van der Waals surface area contributed by atoms with Gasteiger partial charge < -0.3 is 10.5 Å². The average Bonchev–Trinajstić information content (AvgIpc) is 2.73. The monoisotopic (exact) mass is 234 g/mol. The highest BCUT2D eigenvalue weighted by Gasteiger charge is 2.03. The fourth-order valence-corrected chi connectivity index (χ4v) is 1.63. The molecule has 6 nitrogen and oxygen atoms in total. The van der Waals surface area contributed by atoms with E-state index in [9.17, 15) is 4.79 Å². The fraction of sp³-hybridized carbons (Fsp3) is 0.273. The van der Waals surface area contributed by atoms with E-state index in [0.717, 1.165) is 12.0 Å². The van der Waals surface area contributed by atoms with Crippen LogP contribution < -0.4 is 16.2 Å². The van der Waals surface area contributed by atoms with E-state index in [1.807, 2.05) is 18.2 Å². The zero-order valence-electron chi connectivity index (χ0n) is 9.49. The Morgan fingerprint density at radius 2 is 2.24 bits per heavy atom. The molecule has 0 aliphatic heterocycles. The van der Waals surface area contributed by atoms with Gasteiger partial charge in [0.15, 0.2) is 0 Å². The summed E-state index contributed by atoms with van der Waals surface area (Å²) in [5.41, 5.74) is 7.20. The summed E-state index contributed by atoms with van der Waals surface area (Å²) in [6.45, 7) is 0. The number of anilines is 1. The number of nitrogens with two attached hydrogens (primary N) is 1. The molecule has 0 amide bonds. The smallest absolute Gasteiger partial charge is 0.340 e. The summed E-state index contributed by atoms with van der Waals surface area (Å²) < 4.78 is 5.08. The molecule has 0 saturated heterocycles. The van der Waals surface area contributed by atoms with Gasteiger partial charge in [-0.25, -0.2) is 9.89 Å². The molecular weight excluding hydrogens is 220 g/mol. The summed E-state index contributed by atoms with van der Waals surface area (Å²) in [5, 5.41) is 6.17. The quantitative estimate of drug-likeness (QED) is 0.670. The number of H-pyrrole nitrogens is 2. The van der Waals surface area contributed by atoms with Crippen LogP contribution in [-0.2, 0) is 12.8 Å². The van der Waals surface area contributed by atoms with Crippen LogP contribution in [0.2, 0.25) is 0 Å². The summed E-state index contributed by atoms with van der Waals surface area (Å²) in [7, 11) is 1.58. The van der Waals surface area contributed by atoms with Crippen LogP contribution in [0, 0.1) is 0 Å². The number of methoxy groups -OCH3 is 1. The molecule has 0 aliphatic rings. The van der Waals surface area contributed by atoms with Crippen LogP contribution in [0.5, 0.6) is 5.75 Å². The molecule has 17 heavy (non-hydrogen) atoms. The molecular formula is C11H14N4O2. The van der Waals surface area contributed by atoms with Crippen molar-refractivity contribution in [2.24, 2.45) is 0 Å². The number of nitrogens with zero attached hydrogens (tertiary/aromatic N) is 1. The molecule has 4 N–H and O–H groups in total. The number of hydrogen-bond donors (Lipinski definition) is 3. The molecule has 6 heteroatoms. The molecule has 1 heterocycles. The van der Waals surface area contributed by atoms with E-state index in [-0.39, 0.29) is 5.69 Å². The van der Waals surface area contributed by atoms with Crippen LogP contribution in [-0.4, -0.2) is 22.3 Å². The van der Waals surface area contributed by atoms with E-state index in [2.05, 4.69) is 15.2 Å². The lowest BCUT2D eigenvalue weighted by Crippen LogP contribution is -2.02. The Labute approximate surface area is 97.8 Å². The molecule has 0 radical (unpaired) electrons. The van der Waals surface area contributed by atoms with Crippen molar-refractivity contribution in [3.63, 3.8) is 0 Å². The van der Waals surface area contributed by atoms with Crippen molar-refractivity contribution >= 4 is 5.69 Å². The first kappa shape index (κ1) is 11.3. The molecule has 0 fully saturated rings. The lowest BCUT2D eigenvalue weighted by molar-refractivity contribution is 0.417. The van der Waals surface area contributed by atoms with Gasteiger partial charge >= 0.3 is 5.69 Å². The van der Waals surface area contributed by atoms with Crippen molar-refractivity contribution in [3.8, 4) is 5.75 Å². The second-order valence-corrected chi connectivity index (χ2v) is 3.70. The molecule has 90 valence electrons. The third-order valence-electron chi connectivity index (χ3n) is 2.49. The van der Waals surface area contributed by atoms with Crippen molar-refractivity contribution in [2.45, 2.75) is 12.8 Å². The van der Waals surface area contributed by atoms with Crippen molar-refractivity contribution < 1.29 is 4.74 Å². The number of aromatic nitrogens is 3. The lowest BCUT2D eigenvalue weighted by Gasteiger charge is -2.06. The number of aryl methyl sites for hydroxylation is 2. The SMILES string of the molecule is COc1ccc(CCc2n[nH]c(=O)[nH]2)cc1N. The maximum absolute atomic E-state index is 10.8. The zero-order valence-corrected chi connectivity index (χ0v) is 9.49. The minimum atomic E-state index is -0.283. The second-order valence-electron chi connectivity index (χ2n) is 3.70. The Kier molecular flexibility index (Phi) is 3.13. The highest BCUT2D eigenvalue weighted by molar-refractivity contribution is 5.54. The number of rotatable bonds is 4. The van der Waals surface area contributed by atoms with Gasteiger partial charge in [0.25, 0.3) is 0 Å². The normalized spacial score (nSPS) is 10.4. The van der Waals surface area contributed by atoms with Crippen LogP contribution >= 0.6 is 0 Å². The maximum atomic E-state index is 10.8. The molecule has 2 rings (SSSR count). The molecule has 0 bridgehead atoms. The van der Waals surface area contributed by atoms with Crippen LogP contribution in [0.15, 0.2) is 23.0 Å². The number of aromatic amines is 2. The predicted octanol–water partition coefficient (Wildman–Crippen LogP) is 0.474. The van der Waals surface area contributed by atoms with E-state index in [1.54, 1.807) is 7.11 Å². The Morgan fingerprint density at radius 1 is 1.41 bits per heavy atom. The molecule has 0 spiro atoms. The molecule has 0 aliphatic carbocycles. The number of hydrogen-bond acceptors (Lipinski definition) is 4. The van der Waals surface area contributed by atoms with E-state index in [4.69, 9.17) is 10.5 Å². The fourth-order valence-electron chi connectivity index (χ4n) is 1.63. The Balaban J connectivity index is 2.04. The van der Waals surface area contributed by atoms with E-state index >= 15 is 0 Å². The van der Waals surface area contributed by atoms with Crippen molar-refractivity contribution in [3.05, 3.63) is 40.1 Å². The number of nitrogens with one attached hydrogen (secondary N) is 2. The van der Waals surface area contributed by atoms with Crippen molar-refractivity contribution in [1.82, 2.24) is 15.2 Å². The Bertz CT molecular complexity index is 559. The molecule has 1 aromatic carbocycles. The summed E-state index contributed by atoms with van der Waals surface area (Å²) in [6.07, 6.45) is 1.42. The van der Waals surface area contributed by atoms with Gasteiger partial charge in [-0.3, -0.25) is 4.98 Å². The van der Waals surface area contributed by atoms with Gasteiger partial charge in [-0.15, -0.1) is 0 Å². The van der Waals surface area contributed by atoms with E-state index in [1.165, 1.54) is 0 Å². The van der Waals surface area contributed by atoms with Crippen molar-refractivity contribution in [1.29, 1.82) is 0 Å². The molecule has 1 aromatic heterocycles. The minimum absolute atomic E-state index is 0.283. The van der Waals surface area contributed by atoms with Gasteiger partial charge in [0.2, 0.25) is 0 Å². The number of nitrogen functional groups attached to an aromatic ring is 1. The van der Waals surface area contributed by atoms with Crippen LogP contribution in [0.4, 0.5) is 5.69 Å².